The normalized spacial score (nSPS) is 22.9. The molecule has 0 unspecified atom stereocenters. The van der Waals surface area contributed by atoms with E-state index in [1.165, 1.54) is 0 Å². The van der Waals surface area contributed by atoms with Gasteiger partial charge in [0.15, 0.2) is 0 Å². The first kappa shape index (κ1) is 12.8. The number of ether oxygens (including phenoxy) is 1. The van der Waals surface area contributed by atoms with E-state index in [0.717, 1.165) is 0 Å². The van der Waals surface area contributed by atoms with E-state index in [2.05, 4.69) is 23.9 Å². The highest BCUT2D eigenvalue weighted by Gasteiger charge is 2.40. The Morgan fingerprint density at radius 2 is 2.38 bits per heavy atom. The predicted molar refractivity (Wildman–Crippen MR) is 59.7 cm³/mol. The summed E-state index contributed by atoms with van der Waals surface area (Å²) in [5, 5.41) is 3.29. The summed E-state index contributed by atoms with van der Waals surface area (Å²) in [6, 6.07) is 0. The topological polar surface area (TPSA) is 78.3 Å². The SMILES string of the molecule is COC[C@H]1CN(C(=O)CN=[N+]=[N-])CC1(C)C. The van der Waals surface area contributed by atoms with Crippen LogP contribution >= 0.6 is 0 Å². The van der Waals surface area contributed by atoms with E-state index in [4.69, 9.17) is 10.3 Å². The van der Waals surface area contributed by atoms with Gasteiger partial charge in [-0.05, 0) is 10.9 Å². The second-order valence-electron chi connectivity index (χ2n) is 4.80. The molecule has 0 N–H and O–H groups in total. The maximum absolute atomic E-state index is 11.7. The largest absolute Gasteiger partial charge is 0.384 e. The predicted octanol–water partition coefficient (Wildman–Crippen LogP) is 1.43. The molecule has 1 aliphatic rings. The van der Waals surface area contributed by atoms with Crippen LogP contribution in [0.5, 0.6) is 0 Å². The number of likely N-dealkylation sites (tertiary alicyclic amines) is 1. The Kier molecular flexibility index (Phi) is 4.15. The number of carbonyl (C=O) groups excluding carboxylic acids is 1. The highest BCUT2D eigenvalue weighted by molar-refractivity contribution is 5.78. The molecular weight excluding hydrogens is 208 g/mol. The Balaban J connectivity index is 2.60. The van der Waals surface area contributed by atoms with Crippen LogP contribution in [0.25, 0.3) is 10.4 Å². The first-order valence-electron chi connectivity index (χ1n) is 5.29. The van der Waals surface area contributed by atoms with Crippen LogP contribution in [-0.4, -0.2) is 44.2 Å². The molecule has 90 valence electrons. The number of amides is 1. The van der Waals surface area contributed by atoms with Gasteiger partial charge in [-0.15, -0.1) is 0 Å². The Bertz CT molecular complexity index is 310. The minimum Gasteiger partial charge on any atom is -0.384 e. The van der Waals surface area contributed by atoms with Gasteiger partial charge in [-0.1, -0.05) is 19.0 Å². The van der Waals surface area contributed by atoms with Crippen LogP contribution in [0, 0.1) is 11.3 Å². The summed E-state index contributed by atoms with van der Waals surface area (Å²) in [5.74, 6) is 0.233. The molecule has 1 fully saturated rings. The Morgan fingerprint density at radius 1 is 1.69 bits per heavy atom. The monoisotopic (exact) mass is 226 g/mol. The average Bonchev–Trinajstić information content (AvgIpc) is 2.52. The maximum Gasteiger partial charge on any atom is 0.228 e. The van der Waals surface area contributed by atoms with E-state index in [-0.39, 0.29) is 17.9 Å². The fourth-order valence-electron chi connectivity index (χ4n) is 2.06. The highest BCUT2D eigenvalue weighted by atomic mass is 16.5. The molecule has 16 heavy (non-hydrogen) atoms. The van der Waals surface area contributed by atoms with Gasteiger partial charge >= 0.3 is 0 Å². The molecule has 0 radical (unpaired) electrons. The Labute approximate surface area is 95.2 Å². The van der Waals surface area contributed by atoms with Crippen molar-refractivity contribution in [3.8, 4) is 0 Å². The molecule has 0 aromatic carbocycles. The molecule has 1 heterocycles. The van der Waals surface area contributed by atoms with E-state index >= 15 is 0 Å². The Hall–Kier alpha value is -1.26. The molecule has 6 heteroatoms. The zero-order valence-electron chi connectivity index (χ0n) is 10.0. The molecule has 1 saturated heterocycles. The fraction of sp³-hybridized carbons (Fsp3) is 0.900. The minimum atomic E-state index is -0.107. The Morgan fingerprint density at radius 3 is 2.94 bits per heavy atom. The summed E-state index contributed by atoms with van der Waals surface area (Å²) < 4.78 is 5.15. The lowest BCUT2D eigenvalue weighted by molar-refractivity contribution is -0.129. The molecule has 1 rings (SSSR count). The molecule has 0 bridgehead atoms. The number of hydrogen-bond acceptors (Lipinski definition) is 3. The molecule has 0 aromatic heterocycles. The molecule has 0 aliphatic carbocycles. The van der Waals surface area contributed by atoms with E-state index in [1.807, 2.05) is 0 Å². The van der Waals surface area contributed by atoms with Crippen molar-refractivity contribution < 1.29 is 9.53 Å². The van der Waals surface area contributed by atoms with Crippen LogP contribution in [0.2, 0.25) is 0 Å². The van der Waals surface area contributed by atoms with Gasteiger partial charge in [0.1, 0.15) is 6.54 Å². The number of methoxy groups -OCH3 is 1. The van der Waals surface area contributed by atoms with Gasteiger partial charge in [-0.25, -0.2) is 0 Å². The van der Waals surface area contributed by atoms with Crippen molar-refractivity contribution in [2.45, 2.75) is 13.8 Å². The summed E-state index contributed by atoms with van der Waals surface area (Å²) >= 11 is 0. The maximum atomic E-state index is 11.7. The van der Waals surface area contributed by atoms with Crippen molar-refractivity contribution in [3.63, 3.8) is 0 Å². The molecule has 1 amide bonds. The molecular formula is C10H18N4O2. The molecule has 6 nitrogen and oxygen atoms in total. The van der Waals surface area contributed by atoms with Crippen molar-refractivity contribution in [1.29, 1.82) is 0 Å². The molecule has 0 aromatic rings. The van der Waals surface area contributed by atoms with Crippen molar-refractivity contribution in [2.24, 2.45) is 16.4 Å². The third-order valence-corrected chi connectivity index (χ3v) is 3.13. The van der Waals surface area contributed by atoms with E-state index in [9.17, 15) is 4.79 Å². The van der Waals surface area contributed by atoms with Gasteiger partial charge in [0.25, 0.3) is 0 Å². The fourth-order valence-corrected chi connectivity index (χ4v) is 2.06. The summed E-state index contributed by atoms with van der Waals surface area (Å²) in [5.41, 5.74) is 8.22. The van der Waals surface area contributed by atoms with Gasteiger partial charge < -0.3 is 9.64 Å². The van der Waals surface area contributed by atoms with Crippen molar-refractivity contribution in [1.82, 2.24) is 4.90 Å². The minimum absolute atomic E-state index is 0.0576. The van der Waals surface area contributed by atoms with Crippen molar-refractivity contribution in [2.75, 3.05) is 33.4 Å². The molecule has 1 atom stereocenters. The lowest BCUT2D eigenvalue weighted by Gasteiger charge is -2.24. The third kappa shape index (κ3) is 2.87. The van der Waals surface area contributed by atoms with Gasteiger partial charge in [0.05, 0.1) is 6.61 Å². The second kappa shape index (κ2) is 5.18. The summed E-state index contributed by atoms with van der Waals surface area (Å²) in [4.78, 5) is 16.0. The first-order valence-corrected chi connectivity index (χ1v) is 5.29. The van der Waals surface area contributed by atoms with E-state index in [0.29, 0.717) is 25.6 Å². The van der Waals surface area contributed by atoms with Crippen LogP contribution in [0.3, 0.4) is 0 Å². The lowest BCUT2D eigenvalue weighted by atomic mass is 9.83. The van der Waals surface area contributed by atoms with Gasteiger partial charge in [-0.2, -0.15) is 0 Å². The van der Waals surface area contributed by atoms with Gasteiger partial charge in [0.2, 0.25) is 5.91 Å². The number of carbonyl (C=O) groups is 1. The summed E-state index contributed by atoms with van der Waals surface area (Å²) in [7, 11) is 1.67. The standard InChI is InChI=1S/C10H18N4O2/c1-10(2)7-14(5-8(10)6-16-3)9(15)4-12-13-11/h8H,4-7H2,1-3H3/t8-/m1/s1. The van der Waals surface area contributed by atoms with Crippen molar-refractivity contribution in [3.05, 3.63) is 10.4 Å². The van der Waals surface area contributed by atoms with Gasteiger partial charge in [0, 0.05) is 31.0 Å². The lowest BCUT2D eigenvalue weighted by Crippen LogP contribution is -2.31. The average molecular weight is 226 g/mol. The quantitative estimate of drug-likeness (QED) is 0.413. The first-order chi connectivity index (χ1) is 7.51. The molecule has 0 saturated carbocycles. The number of hydrogen-bond donors (Lipinski definition) is 0. The third-order valence-electron chi connectivity index (χ3n) is 3.13. The second-order valence-corrected chi connectivity index (χ2v) is 4.80. The molecule has 0 spiro atoms. The van der Waals surface area contributed by atoms with Crippen molar-refractivity contribution >= 4 is 5.91 Å². The number of rotatable bonds is 4. The zero-order valence-corrected chi connectivity index (χ0v) is 10.0. The van der Waals surface area contributed by atoms with Crippen LogP contribution < -0.4 is 0 Å². The van der Waals surface area contributed by atoms with E-state index in [1.54, 1.807) is 12.0 Å². The van der Waals surface area contributed by atoms with Crippen LogP contribution in [0.4, 0.5) is 0 Å². The summed E-state index contributed by atoms with van der Waals surface area (Å²) in [6.07, 6.45) is 0. The number of azide groups is 1. The zero-order chi connectivity index (χ0) is 12.2. The van der Waals surface area contributed by atoms with Crippen LogP contribution in [0.15, 0.2) is 5.11 Å². The van der Waals surface area contributed by atoms with Crippen LogP contribution in [-0.2, 0) is 9.53 Å². The highest BCUT2D eigenvalue weighted by Crippen LogP contribution is 2.35. The van der Waals surface area contributed by atoms with Crippen LogP contribution in [0.1, 0.15) is 13.8 Å². The smallest absolute Gasteiger partial charge is 0.228 e. The number of nitrogens with zero attached hydrogens (tertiary/aromatic N) is 4. The molecule has 1 aliphatic heterocycles. The van der Waals surface area contributed by atoms with E-state index < -0.39 is 0 Å². The van der Waals surface area contributed by atoms with Gasteiger partial charge in [-0.3, -0.25) is 4.79 Å². The summed E-state index contributed by atoms with van der Waals surface area (Å²) in [6.45, 7) is 6.18.